The highest BCUT2D eigenvalue weighted by Crippen LogP contribution is 2.56. The molecule has 0 radical (unpaired) electrons. The van der Waals surface area contributed by atoms with Gasteiger partial charge in [0.1, 0.15) is 0 Å². The van der Waals surface area contributed by atoms with Gasteiger partial charge in [-0.3, -0.25) is 14.6 Å². The van der Waals surface area contributed by atoms with E-state index in [0.29, 0.717) is 23.7 Å². The van der Waals surface area contributed by atoms with Gasteiger partial charge in [-0.05, 0) is 62.5 Å². The third-order valence-corrected chi connectivity index (χ3v) is 8.31. The summed E-state index contributed by atoms with van der Waals surface area (Å²) < 4.78 is 0. The van der Waals surface area contributed by atoms with E-state index in [-0.39, 0.29) is 22.8 Å². The number of piperidine rings is 1. The first kappa shape index (κ1) is 20.0. The predicted octanol–water partition coefficient (Wildman–Crippen LogP) is 3.92. The monoisotopic (exact) mass is 409 g/mol. The van der Waals surface area contributed by atoms with E-state index in [1.807, 2.05) is 0 Å². The lowest BCUT2D eigenvalue weighted by atomic mass is 9.56. The van der Waals surface area contributed by atoms with Crippen molar-refractivity contribution in [3.05, 3.63) is 29.6 Å². The molecule has 0 unspecified atom stereocenters. The molecule has 5 heteroatoms. The van der Waals surface area contributed by atoms with E-state index < -0.39 is 0 Å². The van der Waals surface area contributed by atoms with Crippen molar-refractivity contribution in [2.75, 3.05) is 13.1 Å². The molecule has 2 aliphatic heterocycles. The Balaban J connectivity index is 1.12. The summed E-state index contributed by atoms with van der Waals surface area (Å²) in [6.07, 6.45) is 7.91. The van der Waals surface area contributed by atoms with Crippen molar-refractivity contribution in [3.63, 3.8) is 0 Å². The number of rotatable bonds is 2. The summed E-state index contributed by atoms with van der Waals surface area (Å²) in [5, 5.41) is 3.10. The van der Waals surface area contributed by atoms with Gasteiger partial charge in [0.05, 0.1) is 0 Å². The molecule has 4 aliphatic rings. The maximum Gasteiger partial charge on any atom is 0.225 e. The van der Waals surface area contributed by atoms with Crippen LogP contribution in [0.4, 0.5) is 0 Å². The molecule has 3 heterocycles. The third kappa shape index (κ3) is 3.44. The van der Waals surface area contributed by atoms with E-state index >= 15 is 0 Å². The molecule has 1 aromatic heterocycles. The van der Waals surface area contributed by atoms with Crippen LogP contribution in [0.2, 0.25) is 0 Å². The average molecular weight is 410 g/mol. The lowest BCUT2D eigenvalue weighted by Gasteiger charge is -2.53. The molecule has 1 N–H and O–H groups in total. The zero-order chi connectivity index (χ0) is 21.1. The van der Waals surface area contributed by atoms with Crippen LogP contribution in [-0.2, 0) is 15.0 Å². The standard InChI is InChI=1S/C25H35N3O2/c1-23(2,3)20-6-4-5-19(26-20)17-13-24(14-17)9-11-28(12-10-24)22(30)18-15-25(16-18)8-7-21(29)27-25/h4-6,17-18H,7-16H2,1-3H3,(H,27,29)/t18-,25+. The van der Waals surface area contributed by atoms with Crippen LogP contribution in [0, 0.1) is 11.3 Å². The summed E-state index contributed by atoms with van der Waals surface area (Å²) in [4.78, 5) is 31.5. The Hall–Kier alpha value is -1.91. The van der Waals surface area contributed by atoms with Crippen molar-refractivity contribution < 1.29 is 9.59 Å². The second-order valence-corrected chi connectivity index (χ2v) is 11.6. The van der Waals surface area contributed by atoms with E-state index in [0.717, 1.165) is 45.2 Å². The molecule has 0 aromatic carbocycles. The molecule has 0 bridgehead atoms. The van der Waals surface area contributed by atoms with Crippen LogP contribution in [0.5, 0.6) is 0 Å². The normalized spacial score (nSPS) is 27.6. The lowest BCUT2D eigenvalue weighted by molar-refractivity contribution is -0.145. The predicted molar refractivity (Wildman–Crippen MR) is 116 cm³/mol. The van der Waals surface area contributed by atoms with Gasteiger partial charge < -0.3 is 10.2 Å². The van der Waals surface area contributed by atoms with Crippen molar-refractivity contribution in [2.45, 2.75) is 89.0 Å². The fourth-order valence-electron chi connectivity index (χ4n) is 6.30. The molecule has 0 atom stereocenters. The zero-order valence-electron chi connectivity index (χ0n) is 18.7. The Kier molecular flexibility index (Phi) is 4.53. The largest absolute Gasteiger partial charge is 0.351 e. The smallest absolute Gasteiger partial charge is 0.225 e. The number of nitrogens with one attached hydrogen (secondary N) is 1. The fourth-order valence-corrected chi connectivity index (χ4v) is 6.30. The number of hydrogen-bond acceptors (Lipinski definition) is 3. The minimum atomic E-state index is -0.0514. The molecule has 4 fully saturated rings. The van der Waals surface area contributed by atoms with Crippen LogP contribution >= 0.6 is 0 Å². The highest BCUT2D eigenvalue weighted by Gasteiger charge is 2.53. The van der Waals surface area contributed by atoms with Crippen molar-refractivity contribution in [3.8, 4) is 0 Å². The molecule has 2 saturated carbocycles. The van der Waals surface area contributed by atoms with Gasteiger partial charge in [-0.1, -0.05) is 26.8 Å². The molecule has 1 aromatic rings. The fraction of sp³-hybridized carbons (Fsp3) is 0.720. The Morgan fingerprint density at radius 3 is 2.40 bits per heavy atom. The molecule has 5 rings (SSSR count). The Morgan fingerprint density at radius 2 is 1.80 bits per heavy atom. The van der Waals surface area contributed by atoms with E-state index in [1.165, 1.54) is 24.2 Å². The highest BCUT2D eigenvalue weighted by molar-refractivity contribution is 5.83. The summed E-state index contributed by atoms with van der Waals surface area (Å²) in [5.41, 5.74) is 2.89. The van der Waals surface area contributed by atoms with Crippen LogP contribution in [-0.4, -0.2) is 40.3 Å². The Labute approximate surface area is 180 Å². The number of hydrogen-bond donors (Lipinski definition) is 1. The molecule has 162 valence electrons. The number of amides is 2. The molecule has 5 nitrogen and oxygen atoms in total. The first-order valence-electron chi connectivity index (χ1n) is 11.7. The quantitative estimate of drug-likeness (QED) is 0.805. The number of pyridine rings is 1. The van der Waals surface area contributed by atoms with Gasteiger partial charge in [-0.15, -0.1) is 0 Å². The Bertz CT molecular complexity index is 849. The van der Waals surface area contributed by atoms with Crippen LogP contribution in [0.1, 0.15) is 89.4 Å². The van der Waals surface area contributed by atoms with Crippen molar-refractivity contribution in [1.82, 2.24) is 15.2 Å². The molecule has 2 saturated heterocycles. The Morgan fingerprint density at radius 1 is 1.10 bits per heavy atom. The summed E-state index contributed by atoms with van der Waals surface area (Å²) in [5.74, 6) is 1.18. The van der Waals surface area contributed by atoms with Gasteiger partial charge in [-0.25, -0.2) is 0 Å². The highest BCUT2D eigenvalue weighted by atomic mass is 16.2. The van der Waals surface area contributed by atoms with Crippen molar-refractivity contribution in [1.29, 1.82) is 0 Å². The second-order valence-electron chi connectivity index (χ2n) is 11.6. The molecule has 2 aliphatic carbocycles. The maximum absolute atomic E-state index is 12.9. The first-order valence-corrected chi connectivity index (χ1v) is 11.7. The summed E-state index contributed by atoms with van der Waals surface area (Å²) in [7, 11) is 0. The van der Waals surface area contributed by atoms with Gasteiger partial charge in [0, 0.05) is 53.7 Å². The minimum Gasteiger partial charge on any atom is -0.351 e. The number of likely N-dealkylation sites (tertiary alicyclic amines) is 1. The molecular weight excluding hydrogens is 374 g/mol. The van der Waals surface area contributed by atoms with Gasteiger partial charge in [0.15, 0.2) is 0 Å². The topological polar surface area (TPSA) is 62.3 Å². The van der Waals surface area contributed by atoms with Crippen molar-refractivity contribution >= 4 is 11.8 Å². The number of nitrogens with zero attached hydrogens (tertiary/aromatic N) is 2. The number of aromatic nitrogens is 1. The third-order valence-electron chi connectivity index (χ3n) is 8.31. The van der Waals surface area contributed by atoms with E-state index in [1.54, 1.807) is 0 Å². The summed E-state index contributed by atoms with van der Waals surface area (Å²) in [6.45, 7) is 8.46. The summed E-state index contributed by atoms with van der Waals surface area (Å²) >= 11 is 0. The first-order chi connectivity index (χ1) is 14.2. The zero-order valence-corrected chi connectivity index (χ0v) is 18.7. The van der Waals surface area contributed by atoms with E-state index in [9.17, 15) is 9.59 Å². The average Bonchev–Trinajstić information content (AvgIpc) is 3.06. The number of carbonyl (C=O) groups excluding carboxylic acids is 2. The van der Waals surface area contributed by atoms with Crippen LogP contribution in [0.25, 0.3) is 0 Å². The SMILES string of the molecule is CC(C)(C)c1cccc(C2CC3(CCN(C(=O)[C@H]4C[C@]5(CCC(=O)N5)C4)CC3)C2)n1. The molecular formula is C25H35N3O2. The maximum atomic E-state index is 12.9. The van der Waals surface area contributed by atoms with Crippen molar-refractivity contribution in [2.24, 2.45) is 11.3 Å². The van der Waals surface area contributed by atoms with E-state index in [2.05, 4.69) is 49.2 Å². The van der Waals surface area contributed by atoms with Crippen LogP contribution in [0.15, 0.2) is 18.2 Å². The van der Waals surface area contributed by atoms with E-state index in [4.69, 9.17) is 4.98 Å². The van der Waals surface area contributed by atoms with Gasteiger partial charge in [0.2, 0.25) is 11.8 Å². The molecule has 30 heavy (non-hydrogen) atoms. The van der Waals surface area contributed by atoms with Gasteiger partial charge in [0.25, 0.3) is 0 Å². The lowest BCUT2D eigenvalue weighted by Crippen LogP contribution is -2.58. The van der Waals surface area contributed by atoms with Crippen LogP contribution in [0.3, 0.4) is 0 Å². The van der Waals surface area contributed by atoms with Gasteiger partial charge in [-0.2, -0.15) is 0 Å². The second kappa shape index (κ2) is 6.80. The molecule has 2 amide bonds. The summed E-state index contributed by atoms with van der Waals surface area (Å²) in [6, 6.07) is 6.50. The van der Waals surface area contributed by atoms with Crippen LogP contribution < -0.4 is 5.32 Å². The van der Waals surface area contributed by atoms with Gasteiger partial charge >= 0.3 is 0 Å². The minimum absolute atomic E-state index is 0.0514. The number of carbonyl (C=O) groups is 2. The molecule has 2 spiro atoms.